The van der Waals surface area contributed by atoms with Gasteiger partial charge in [-0.3, -0.25) is 0 Å². The van der Waals surface area contributed by atoms with Gasteiger partial charge in [0.15, 0.2) is 17.5 Å². The first kappa shape index (κ1) is 40.7. The van der Waals surface area contributed by atoms with Crippen LogP contribution in [-0.2, 0) is 5.41 Å². The number of rotatable bonds is 8. The van der Waals surface area contributed by atoms with E-state index in [0.717, 1.165) is 44.5 Å². The molecule has 14 rings (SSSR count). The van der Waals surface area contributed by atoms with E-state index in [1.807, 2.05) is 12.1 Å². The van der Waals surface area contributed by atoms with Crippen molar-refractivity contribution in [1.29, 1.82) is 0 Å². The van der Waals surface area contributed by atoms with E-state index >= 15 is 0 Å². The van der Waals surface area contributed by atoms with Crippen molar-refractivity contribution >= 4 is 32.3 Å². The number of fused-ring (bicyclic) bond motifs is 3. The Labute approximate surface area is 412 Å². The molecule has 3 heteroatoms. The quantitative estimate of drug-likeness (QED) is 0.143. The van der Waals surface area contributed by atoms with E-state index < -0.39 is 5.41 Å². The highest BCUT2D eigenvalue weighted by atomic mass is 15.0. The van der Waals surface area contributed by atoms with Crippen LogP contribution in [-0.4, -0.2) is 15.0 Å². The van der Waals surface area contributed by atoms with E-state index in [-0.39, 0.29) is 0 Å². The topological polar surface area (TPSA) is 38.7 Å². The molecular weight excluding hydrogens is 859 g/mol. The van der Waals surface area contributed by atoms with Crippen LogP contribution in [0, 0.1) is 0 Å². The fourth-order valence-corrected chi connectivity index (χ4v) is 11.5. The first-order valence-electron chi connectivity index (χ1n) is 24.3. The molecule has 1 heterocycles. The molecule has 71 heavy (non-hydrogen) atoms. The zero-order valence-electron chi connectivity index (χ0n) is 38.7. The van der Waals surface area contributed by atoms with Gasteiger partial charge < -0.3 is 0 Å². The Morgan fingerprint density at radius 3 is 1.42 bits per heavy atom. The molecule has 0 spiro atoms. The highest BCUT2D eigenvalue weighted by Crippen LogP contribution is 2.57. The van der Waals surface area contributed by atoms with Crippen LogP contribution >= 0.6 is 0 Å². The molecule has 0 unspecified atom stereocenters. The summed E-state index contributed by atoms with van der Waals surface area (Å²) in [5, 5.41) is 7.70. The van der Waals surface area contributed by atoms with E-state index in [4.69, 9.17) is 15.0 Å². The predicted octanol–water partition coefficient (Wildman–Crippen LogP) is 17.1. The summed E-state index contributed by atoms with van der Waals surface area (Å²) in [6, 6.07) is 94.4. The van der Waals surface area contributed by atoms with E-state index in [2.05, 4.69) is 249 Å². The molecular formula is C68H43N3. The van der Waals surface area contributed by atoms with Gasteiger partial charge >= 0.3 is 0 Å². The minimum absolute atomic E-state index is 0.615. The van der Waals surface area contributed by atoms with Crippen molar-refractivity contribution in [2.75, 3.05) is 0 Å². The summed E-state index contributed by atoms with van der Waals surface area (Å²) in [5.41, 5.74) is 16.3. The van der Waals surface area contributed by atoms with E-state index in [1.54, 1.807) is 0 Å². The van der Waals surface area contributed by atoms with E-state index in [0.29, 0.717) is 17.5 Å². The zero-order valence-corrected chi connectivity index (χ0v) is 38.7. The molecule has 1 aliphatic rings. The summed E-state index contributed by atoms with van der Waals surface area (Å²) >= 11 is 0. The second-order valence-corrected chi connectivity index (χ2v) is 18.6. The summed E-state index contributed by atoms with van der Waals surface area (Å²) in [5.74, 6) is 1.86. The van der Waals surface area contributed by atoms with Crippen molar-refractivity contribution in [2.24, 2.45) is 0 Å². The summed E-state index contributed by atoms with van der Waals surface area (Å²) in [6.07, 6.45) is 0. The summed E-state index contributed by atoms with van der Waals surface area (Å²) < 4.78 is 0. The van der Waals surface area contributed by atoms with Gasteiger partial charge in [0.05, 0.1) is 5.41 Å². The summed E-state index contributed by atoms with van der Waals surface area (Å²) in [4.78, 5) is 16.0. The summed E-state index contributed by atoms with van der Waals surface area (Å²) in [7, 11) is 0. The van der Waals surface area contributed by atoms with Gasteiger partial charge in [0, 0.05) is 16.7 Å². The van der Waals surface area contributed by atoms with Gasteiger partial charge in [0.25, 0.3) is 0 Å². The van der Waals surface area contributed by atoms with Crippen LogP contribution < -0.4 is 0 Å². The van der Waals surface area contributed by atoms with Crippen LogP contribution in [0.5, 0.6) is 0 Å². The van der Waals surface area contributed by atoms with Gasteiger partial charge in [0.1, 0.15) is 0 Å². The Balaban J connectivity index is 0.987. The van der Waals surface area contributed by atoms with Gasteiger partial charge in [-0.25, -0.2) is 15.0 Å². The normalized spacial score (nSPS) is 12.6. The van der Waals surface area contributed by atoms with Gasteiger partial charge in [-0.15, -0.1) is 0 Å². The lowest BCUT2D eigenvalue weighted by Crippen LogP contribution is -2.28. The monoisotopic (exact) mass is 901 g/mol. The minimum atomic E-state index is -0.615. The lowest BCUT2D eigenvalue weighted by atomic mass is 9.67. The van der Waals surface area contributed by atoms with Crippen molar-refractivity contribution in [1.82, 2.24) is 15.0 Å². The van der Waals surface area contributed by atoms with Crippen LogP contribution in [0.1, 0.15) is 22.3 Å². The first-order valence-corrected chi connectivity index (χ1v) is 24.3. The van der Waals surface area contributed by atoms with Gasteiger partial charge in [0.2, 0.25) is 0 Å². The Bertz CT molecular complexity index is 4070. The highest BCUT2D eigenvalue weighted by Gasteiger charge is 2.46. The maximum Gasteiger partial charge on any atom is 0.164 e. The molecule has 0 radical (unpaired) electrons. The molecule has 13 aromatic rings. The Kier molecular flexibility index (Phi) is 9.43. The smallest absolute Gasteiger partial charge is 0.164 e. The van der Waals surface area contributed by atoms with Crippen molar-refractivity contribution in [3.63, 3.8) is 0 Å². The molecule has 0 amide bonds. The number of benzene rings is 12. The van der Waals surface area contributed by atoms with Gasteiger partial charge in [-0.1, -0.05) is 249 Å². The molecule has 330 valence electrons. The maximum absolute atomic E-state index is 5.38. The van der Waals surface area contributed by atoms with Crippen LogP contribution in [0.25, 0.3) is 111 Å². The number of hydrogen-bond acceptors (Lipinski definition) is 3. The second-order valence-electron chi connectivity index (χ2n) is 18.6. The fourth-order valence-electron chi connectivity index (χ4n) is 11.5. The molecule has 1 aliphatic carbocycles. The molecule has 0 saturated carbocycles. The second kappa shape index (κ2) is 16.4. The lowest BCUT2D eigenvalue weighted by Gasteiger charge is -2.34. The van der Waals surface area contributed by atoms with Crippen molar-refractivity contribution in [3.05, 3.63) is 283 Å². The van der Waals surface area contributed by atoms with Crippen LogP contribution in [0.3, 0.4) is 0 Å². The van der Waals surface area contributed by atoms with E-state index in [9.17, 15) is 0 Å². The molecule has 1 aromatic heterocycles. The van der Waals surface area contributed by atoms with Crippen LogP contribution in [0.2, 0.25) is 0 Å². The first-order chi connectivity index (χ1) is 35.2. The third-order valence-electron chi connectivity index (χ3n) is 14.8. The molecule has 3 nitrogen and oxygen atoms in total. The SMILES string of the molecule is c1ccc(-c2ccc(-c3nc(-c4ccc5c(c4)-c4ccc(-c6ccc7ccc8cccc9ccc6c7c89)cc4C5(c4ccccc4)c4ccccc4)nc(-c4ccccc4-c4ccccc4)n3)cc2)cc1. The third-order valence-corrected chi connectivity index (χ3v) is 14.8. The largest absolute Gasteiger partial charge is 0.208 e. The molecule has 0 fully saturated rings. The molecule has 0 saturated heterocycles. The van der Waals surface area contributed by atoms with Crippen LogP contribution in [0.4, 0.5) is 0 Å². The Hall–Kier alpha value is -9.31. The number of hydrogen-bond donors (Lipinski definition) is 0. The Morgan fingerprint density at radius 2 is 0.732 bits per heavy atom. The Morgan fingerprint density at radius 1 is 0.239 bits per heavy atom. The number of aromatic nitrogens is 3. The third kappa shape index (κ3) is 6.55. The van der Waals surface area contributed by atoms with Crippen molar-refractivity contribution in [2.45, 2.75) is 5.41 Å². The summed E-state index contributed by atoms with van der Waals surface area (Å²) in [6.45, 7) is 0. The van der Waals surface area contributed by atoms with Gasteiger partial charge in [-0.05, 0) is 111 Å². The molecule has 12 aromatic carbocycles. The van der Waals surface area contributed by atoms with Crippen molar-refractivity contribution < 1.29 is 0 Å². The number of nitrogens with zero attached hydrogens (tertiary/aromatic N) is 3. The van der Waals surface area contributed by atoms with Gasteiger partial charge in [-0.2, -0.15) is 0 Å². The minimum Gasteiger partial charge on any atom is -0.208 e. The lowest BCUT2D eigenvalue weighted by molar-refractivity contribution is 0.769. The maximum atomic E-state index is 5.38. The fraction of sp³-hybridized carbons (Fsp3) is 0.0147. The average Bonchev–Trinajstić information content (AvgIpc) is 3.75. The van der Waals surface area contributed by atoms with E-state index in [1.165, 1.54) is 71.3 Å². The molecule has 0 bridgehead atoms. The standard InChI is InChI=1S/C68H43N3/c1-5-16-44(17-6-1)45-28-32-50(33-29-45)65-69-66(71-67(70-65)59-27-14-13-26-55(59)46-18-7-2-8-19-46)52-37-41-61-60(42-52)57-39-36-51(43-62(57)68(61,53-22-9-3-10-23-53)54-24-11-4-12-25-54)56-38-34-49-31-30-47-20-15-21-48-35-40-58(56)64(49)63(47)48/h1-43H. The predicted molar refractivity (Wildman–Crippen MR) is 293 cm³/mol. The van der Waals surface area contributed by atoms with Crippen LogP contribution in [0.15, 0.2) is 261 Å². The highest BCUT2D eigenvalue weighted by molar-refractivity contribution is 6.25. The van der Waals surface area contributed by atoms with Crippen molar-refractivity contribution in [3.8, 4) is 78.7 Å². The zero-order chi connectivity index (χ0) is 46.9. The molecule has 0 aliphatic heterocycles. The molecule has 0 N–H and O–H groups in total. The molecule has 0 atom stereocenters. The average molecular weight is 902 g/mol.